The average molecular weight is 643 g/mol. The Bertz CT molecular complexity index is 1860. The fraction of sp³-hybridized carbons (Fsp3) is 0.235. The second-order valence-electron chi connectivity index (χ2n) is 11.3. The van der Waals surface area contributed by atoms with Crippen LogP contribution in [0.2, 0.25) is 5.02 Å². The molecular formula is C34H35ClN6O5. The minimum Gasteiger partial charge on any atom is -0.480 e. The number of halogens is 1. The van der Waals surface area contributed by atoms with Gasteiger partial charge in [-0.3, -0.25) is 14.4 Å². The van der Waals surface area contributed by atoms with Crippen LogP contribution in [0, 0.1) is 0 Å². The normalized spacial score (nSPS) is 13.9. The van der Waals surface area contributed by atoms with Gasteiger partial charge >= 0.3 is 5.97 Å². The molecule has 8 N–H and O–H groups in total. The number of hydrogen-bond acceptors (Lipinski definition) is 5. The number of carboxylic acid groups (broad SMARTS) is 1. The lowest BCUT2D eigenvalue weighted by Crippen LogP contribution is -2.58. The van der Waals surface area contributed by atoms with Crippen molar-refractivity contribution < 1.29 is 24.3 Å². The summed E-state index contributed by atoms with van der Waals surface area (Å²) < 4.78 is 0. The van der Waals surface area contributed by atoms with E-state index in [1.807, 2.05) is 48.5 Å². The highest BCUT2D eigenvalue weighted by Crippen LogP contribution is 2.21. The lowest BCUT2D eigenvalue weighted by Gasteiger charge is -2.25. The van der Waals surface area contributed by atoms with Crippen LogP contribution >= 0.6 is 11.6 Å². The molecule has 0 saturated carbocycles. The molecule has 11 nitrogen and oxygen atoms in total. The predicted molar refractivity (Wildman–Crippen MR) is 176 cm³/mol. The van der Waals surface area contributed by atoms with Gasteiger partial charge in [-0.25, -0.2) is 4.79 Å². The summed E-state index contributed by atoms with van der Waals surface area (Å²) >= 11 is 5.98. The highest BCUT2D eigenvalue weighted by molar-refractivity contribution is 6.30. The van der Waals surface area contributed by atoms with E-state index in [0.717, 1.165) is 32.9 Å². The SMILES string of the molecule is C[C@H](N)C(=O)N[C@@H](Cc1c[nH]c2ccccc12)C(=O)N[C@@H](Cc1c[nH]c2ccccc12)C(=O)N[C@@H](Cc1ccc(Cl)cc1)C(=O)O. The van der Waals surface area contributed by atoms with E-state index in [0.29, 0.717) is 10.6 Å². The van der Waals surface area contributed by atoms with Crippen LogP contribution in [0.5, 0.6) is 0 Å². The van der Waals surface area contributed by atoms with Gasteiger partial charge in [0.15, 0.2) is 0 Å². The zero-order valence-electron chi connectivity index (χ0n) is 25.0. The molecule has 0 saturated heterocycles. The van der Waals surface area contributed by atoms with E-state index < -0.39 is 47.9 Å². The molecule has 0 aliphatic rings. The molecule has 0 bridgehead atoms. The third-order valence-corrected chi connectivity index (χ3v) is 8.10. The smallest absolute Gasteiger partial charge is 0.326 e. The molecule has 4 atom stereocenters. The number of carboxylic acids is 1. The number of nitrogens with one attached hydrogen (secondary N) is 5. The number of H-pyrrole nitrogens is 2. The van der Waals surface area contributed by atoms with Gasteiger partial charge in [0.05, 0.1) is 6.04 Å². The number of benzene rings is 3. The second-order valence-corrected chi connectivity index (χ2v) is 11.7. The molecule has 3 aromatic carbocycles. The van der Waals surface area contributed by atoms with Crippen LogP contribution in [-0.4, -0.2) is 62.9 Å². The number of aliphatic carboxylic acids is 1. The van der Waals surface area contributed by atoms with Gasteiger partial charge < -0.3 is 36.8 Å². The summed E-state index contributed by atoms with van der Waals surface area (Å²) in [6, 6.07) is 17.3. The maximum absolute atomic E-state index is 13.9. The molecule has 5 rings (SSSR count). The topological polar surface area (TPSA) is 182 Å². The molecule has 2 heterocycles. The number of rotatable bonds is 13. The summed E-state index contributed by atoms with van der Waals surface area (Å²) in [5.41, 5.74) is 9.71. The highest BCUT2D eigenvalue weighted by Gasteiger charge is 2.31. The third kappa shape index (κ3) is 7.74. The number of carbonyl (C=O) groups is 4. The maximum Gasteiger partial charge on any atom is 0.326 e. The van der Waals surface area contributed by atoms with Crippen LogP contribution in [0.3, 0.4) is 0 Å². The zero-order valence-corrected chi connectivity index (χ0v) is 25.8. The van der Waals surface area contributed by atoms with Crippen molar-refractivity contribution in [3.8, 4) is 0 Å². The molecule has 5 aromatic rings. The van der Waals surface area contributed by atoms with E-state index in [1.54, 1.807) is 36.7 Å². The number of aromatic amines is 2. The molecule has 12 heteroatoms. The van der Waals surface area contributed by atoms with Crippen molar-refractivity contribution >= 4 is 57.1 Å². The Hall–Kier alpha value is -5.13. The van der Waals surface area contributed by atoms with Gasteiger partial charge in [0, 0.05) is 58.5 Å². The first-order valence-electron chi connectivity index (χ1n) is 14.8. The van der Waals surface area contributed by atoms with Crippen molar-refractivity contribution in [2.24, 2.45) is 5.73 Å². The first-order valence-corrected chi connectivity index (χ1v) is 15.2. The summed E-state index contributed by atoms with van der Waals surface area (Å²) in [5, 5.41) is 20.3. The summed E-state index contributed by atoms with van der Waals surface area (Å²) in [5.74, 6) is -3.08. The van der Waals surface area contributed by atoms with Crippen LogP contribution in [0.4, 0.5) is 0 Å². The van der Waals surface area contributed by atoms with Gasteiger partial charge in [-0.05, 0) is 47.9 Å². The Morgan fingerprint density at radius 1 is 0.696 bits per heavy atom. The summed E-state index contributed by atoms with van der Waals surface area (Å²) in [6.45, 7) is 1.51. The fourth-order valence-electron chi connectivity index (χ4n) is 5.36. The Balaban J connectivity index is 1.42. The van der Waals surface area contributed by atoms with E-state index in [1.165, 1.54) is 6.92 Å². The number of hydrogen-bond donors (Lipinski definition) is 7. The minimum atomic E-state index is -1.28. The molecule has 0 unspecified atom stereocenters. The van der Waals surface area contributed by atoms with Gasteiger partial charge in [0.2, 0.25) is 17.7 Å². The first kappa shape index (κ1) is 32.3. The van der Waals surface area contributed by atoms with E-state index in [2.05, 4.69) is 25.9 Å². The molecule has 238 valence electrons. The van der Waals surface area contributed by atoms with E-state index in [-0.39, 0.29) is 19.3 Å². The van der Waals surface area contributed by atoms with Crippen molar-refractivity contribution in [2.45, 2.75) is 50.4 Å². The zero-order chi connectivity index (χ0) is 32.8. The molecule has 46 heavy (non-hydrogen) atoms. The molecule has 0 radical (unpaired) electrons. The van der Waals surface area contributed by atoms with Crippen molar-refractivity contribution in [1.29, 1.82) is 0 Å². The number of carbonyl (C=O) groups excluding carboxylic acids is 3. The molecule has 0 fully saturated rings. The van der Waals surface area contributed by atoms with E-state index in [9.17, 15) is 24.3 Å². The van der Waals surface area contributed by atoms with Crippen LogP contribution in [0.1, 0.15) is 23.6 Å². The van der Waals surface area contributed by atoms with Gasteiger partial charge in [-0.1, -0.05) is 60.1 Å². The monoisotopic (exact) mass is 642 g/mol. The largest absolute Gasteiger partial charge is 0.480 e. The number of amides is 3. The lowest BCUT2D eigenvalue weighted by atomic mass is 10.0. The van der Waals surface area contributed by atoms with Crippen molar-refractivity contribution in [3.05, 3.63) is 107 Å². The summed E-state index contributed by atoms with van der Waals surface area (Å²) in [7, 11) is 0. The highest BCUT2D eigenvalue weighted by atomic mass is 35.5. The van der Waals surface area contributed by atoms with Gasteiger partial charge in [0.25, 0.3) is 0 Å². The summed E-state index contributed by atoms with van der Waals surface area (Å²) in [4.78, 5) is 59.0. The third-order valence-electron chi connectivity index (χ3n) is 7.85. The quantitative estimate of drug-likeness (QED) is 0.103. The Morgan fingerprint density at radius 3 is 1.63 bits per heavy atom. The lowest BCUT2D eigenvalue weighted by molar-refractivity contribution is -0.142. The Morgan fingerprint density at radius 2 is 1.15 bits per heavy atom. The molecule has 0 spiro atoms. The molecule has 2 aromatic heterocycles. The van der Waals surface area contributed by atoms with Crippen LogP contribution in [-0.2, 0) is 38.4 Å². The van der Waals surface area contributed by atoms with Gasteiger partial charge in [-0.2, -0.15) is 0 Å². The fourth-order valence-corrected chi connectivity index (χ4v) is 5.49. The van der Waals surface area contributed by atoms with Gasteiger partial charge in [0.1, 0.15) is 18.1 Å². The van der Waals surface area contributed by atoms with E-state index in [4.69, 9.17) is 17.3 Å². The maximum atomic E-state index is 13.9. The van der Waals surface area contributed by atoms with Crippen molar-refractivity contribution in [1.82, 2.24) is 25.9 Å². The second kappa shape index (κ2) is 14.3. The Kier molecular flexibility index (Phi) is 10.0. The van der Waals surface area contributed by atoms with E-state index >= 15 is 0 Å². The predicted octanol–water partition coefficient (Wildman–Crippen LogP) is 3.22. The number of aromatic nitrogens is 2. The number of fused-ring (bicyclic) bond motifs is 2. The molecule has 0 aliphatic heterocycles. The summed E-state index contributed by atoms with van der Waals surface area (Å²) in [6.07, 6.45) is 3.69. The average Bonchev–Trinajstić information content (AvgIpc) is 3.64. The Labute approximate surface area is 269 Å². The number of para-hydroxylation sites is 2. The van der Waals surface area contributed by atoms with Crippen molar-refractivity contribution in [3.63, 3.8) is 0 Å². The van der Waals surface area contributed by atoms with Gasteiger partial charge in [-0.15, -0.1) is 0 Å². The number of nitrogens with two attached hydrogens (primary N) is 1. The molecule has 0 aliphatic carbocycles. The van der Waals surface area contributed by atoms with Crippen LogP contribution in [0.15, 0.2) is 85.2 Å². The standard InChI is InChI=1S/C34H35ClN6O5/c1-19(36)31(42)39-28(15-21-17-37-26-8-4-2-6-24(21)26)32(43)40-29(16-22-18-38-27-9-5-3-7-25(22)27)33(44)41-30(34(45)46)14-20-10-12-23(35)13-11-20/h2-13,17-19,28-30,37-38H,14-16,36H2,1H3,(H,39,42)(H,40,43)(H,41,44)(H,45,46)/t19-,28-,29-,30-/m0/s1. The first-order chi connectivity index (χ1) is 22.1. The van der Waals surface area contributed by atoms with Crippen molar-refractivity contribution in [2.75, 3.05) is 0 Å². The van der Waals surface area contributed by atoms with Crippen LogP contribution < -0.4 is 21.7 Å². The van der Waals surface area contributed by atoms with Crippen LogP contribution in [0.25, 0.3) is 21.8 Å². The molecular weight excluding hydrogens is 608 g/mol. The molecule has 3 amide bonds. The minimum absolute atomic E-state index is 0.000369.